The lowest BCUT2D eigenvalue weighted by Crippen LogP contribution is -2.42. The Kier molecular flexibility index (Phi) is 6.51. The van der Waals surface area contributed by atoms with Crippen molar-refractivity contribution >= 4 is 46.2 Å². The summed E-state index contributed by atoms with van der Waals surface area (Å²) in [4.78, 5) is 28.5. The number of rotatable bonds is 5. The van der Waals surface area contributed by atoms with Crippen molar-refractivity contribution in [3.8, 4) is 5.75 Å². The van der Waals surface area contributed by atoms with Crippen LogP contribution >= 0.6 is 24.0 Å². The molecule has 8 heteroatoms. The third kappa shape index (κ3) is 4.88. The van der Waals surface area contributed by atoms with E-state index in [2.05, 4.69) is 0 Å². The standard InChI is InChI=1S/C19H22N2O4S2/c1-13(2)21-18(23)16(27-19(21)26)11-14-3-5-15(6-4-14)25-12-17(22)20-7-9-24-10-8-20/h3-6,11,13H,7-10,12H2,1-2H3/b16-11-. The van der Waals surface area contributed by atoms with Crippen LogP contribution < -0.4 is 4.74 Å². The van der Waals surface area contributed by atoms with Crippen LogP contribution in [0.3, 0.4) is 0 Å². The summed E-state index contributed by atoms with van der Waals surface area (Å²) < 4.78 is 11.4. The molecule has 2 aliphatic rings. The number of carbonyl (C=O) groups excluding carboxylic acids is 2. The van der Waals surface area contributed by atoms with E-state index in [0.29, 0.717) is 41.3 Å². The summed E-state index contributed by atoms with van der Waals surface area (Å²) in [7, 11) is 0. The fraction of sp³-hybridized carbons (Fsp3) is 0.421. The van der Waals surface area contributed by atoms with Crippen molar-refractivity contribution in [3.05, 3.63) is 34.7 Å². The van der Waals surface area contributed by atoms with E-state index in [-0.39, 0.29) is 24.5 Å². The molecule has 2 fully saturated rings. The van der Waals surface area contributed by atoms with E-state index in [4.69, 9.17) is 21.7 Å². The van der Waals surface area contributed by atoms with Gasteiger partial charge in [-0.05, 0) is 37.6 Å². The first-order chi connectivity index (χ1) is 13.0. The fourth-order valence-electron chi connectivity index (χ4n) is 2.79. The Bertz CT molecular complexity index is 755. The Hall–Kier alpha value is -1.90. The molecule has 27 heavy (non-hydrogen) atoms. The van der Waals surface area contributed by atoms with Gasteiger partial charge < -0.3 is 14.4 Å². The lowest BCUT2D eigenvalue weighted by Gasteiger charge is -2.26. The molecule has 2 saturated heterocycles. The SMILES string of the molecule is CC(C)N1C(=O)/C(=C/c2ccc(OCC(=O)N3CCOCC3)cc2)SC1=S. The minimum atomic E-state index is -0.0589. The third-order valence-corrected chi connectivity index (χ3v) is 5.57. The first kappa shape index (κ1) is 19.9. The quantitative estimate of drug-likeness (QED) is 0.553. The first-order valence-electron chi connectivity index (χ1n) is 8.81. The van der Waals surface area contributed by atoms with E-state index in [0.717, 1.165) is 5.56 Å². The van der Waals surface area contributed by atoms with Crippen LogP contribution in [0.15, 0.2) is 29.2 Å². The second-order valence-corrected chi connectivity index (χ2v) is 8.17. The molecular formula is C19H22N2O4S2. The Morgan fingerprint density at radius 1 is 1.30 bits per heavy atom. The van der Waals surface area contributed by atoms with Crippen LogP contribution in [0.25, 0.3) is 6.08 Å². The van der Waals surface area contributed by atoms with Gasteiger partial charge >= 0.3 is 0 Å². The van der Waals surface area contributed by atoms with Gasteiger partial charge in [0, 0.05) is 19.1 Å². The van der Waals surface area contributed by atoms with Gasteiger partial charge in [-0.25, -0.2) is 0 Å². The van der Waals surface area contributed by atoms with Gasteiger partial charge in [-0.3, -0.25) is 14.5 Å². The molecule has 0 unspecified atom stereocenters. The van der Waals surface area contributed by atoms with Crippen LogP contribution in [-0.4, -0.2) is 64.9 Å². The van der Waals surface area contributed by atoms with E-state index in [9.17, 15) is 9.59 Å². The van der Waals surface area contributed by atoms with Gasteiger partial charge in [0.25, 0.3) is 11.8 Å². The van der Waals surface area contributed by atoms with E-state index in [1.165, 1.54) is 11.8 Å². The summed E-state index contributed by atoms with van der Waals surface area (Å²) in [5.74, 6) is 0.514. The number of amides is 2. The monoisotopic (exact) mass is 406 g/mol. The Balaban J connectivity index is 1.58. The molecule has 1 aromatic rings. The molecule has 1 aromatic carbocycles. The van der Waals surface area contributed by atoms with Gasteiger partial charge in [-0.1, -0.05) is 36.1 Å². The predicted molar refractivity (Wildman–Crippen MR) is 109 cm³/mol. The zero-order valence-corrected chi connectivity index (χ0v) is 17.0. The van der Waals surface area contributed by atoms with Crippen LogP contribution in [-0.2, 0) is 14.3 Å². The largest absolute Gasteiger partial charge is 0.484 e. The van der Waals surface area contributed by atoms with E-state index in [1.54, 1.807) is 21.9 Å². The normalized spacial score (nSPS) is 19.3. The fourth-order valence-corrected chi connectivity index (χ4v) is 4.31. The lowest BCUT2D eigenvalue weighted by atomic mass is 10.2. The number of nitrogens with zero attached hydrogens (tertiary/aromatic N) is 2. The highest BCUT2D eigenvalue weighted by atomic mass is 32.2. The van der Waals surface area contributed by atoms with Crippen molar-refractivity contribution in [2.45, 2.75) is 19.9 Å². The second kappa shape index (κ2) is 8.86. The molecule has 0 atom stereocenters. The molecule has 144 valence electrons. The van der Waals surface area contributed by atoms with Crippen LogP contribution in [0.1, 0.15) is 19.4 Å². The molecule has 0 saturated carbocycles. The number of thiocarbonyl (C=S) groups is 1. The summed E-state index contributed by atoms with van der Waals surface area (Å²) in [6.45, 7) is 6.25. The summed E-state index contributed by atoms with van der Waals surface area (Å²) in [6.07, 6.45) is 1.82. The molecule has 0 aromatic heterocycles. The van der Waals surface area contributed by atoms with Crippen molar-refractivity contribution in [3.63, 3.8) is 0 Å². The number of thioether (sulfide) groups is 1. The molecule has 2 amide bonds. The molecule has 0 spiro atoms. The van der Waals surface area contributed by atoms with Gasteiger partial charge in [-0.2, -0.15) is 0 Å². The van der Waals surface area contributed by atoms with Crippen molar-refractivity contribution in [1.82, 2.24) is 9.80 Å². The van der Waals surface area contributed by atoms with E-state index >= 15 is 0 Å². The zero-order valence-electron chi connectivity index (χ0n) is 15.3. The summed E-state index contributed by atoms with van der Waals surface area (Å²) in [5.41, 5.74) is 0.881. The number of carbonyl (C=O) groups is 2. The van der Waals surface area contributed by atoms with Crippen LogP contribution in [0.5, 0.6) is 5.75 Å². The summed E-state index contributed by atoms with van der Waals surface area (Å²) in [6, 6.07) is 7.35. The number of ether oxygens (including phenoxy) is 2. The van der Waals surface area contributed by atoms with Crippen LogP contribution in [0, 0.1) is 0 Å². The number of hydrogen-bond donors (Lipinski definition) is 0. The predicted octanol–water partition coefficient (Wildman–Crippen LogP) is 2.53. The topological polar surface area (TPSA) is 59.1 Å². The summed E-state index contributed by atoms with van der Waals surface area (Å²) >= 11 is 6.60. The minimum absolute atomic E-state index is 0.00634. The summed E-state index contributed by atoms with van der Waals surface area (Å²) in [5, 5.41) is 0. The van der Waals surface area contributed by atoms with E-state index < -0.39 is 0 Å². The molecule has 2 aliphatic heterocycles. The zero-order chi connectivity index (χ0) is 19.4. The highest BCUT2D eigenvalue weighted by molar-refractivity contribution is 8.26. The molecule has 0 N–H and O–H groups in total. The highest BCUT2D eigenvalue weighted by Gasteiger charge is 2.33. The smallest absolute Gasteiger partial charge is 0.266 e. The van der Waals surface area contributed by atoms with Crippen molar-refractivity contribution in [2.24, 2.45) is 0 Å². The maximum Gasteiger partial charge on any atom is 0.266 e. The molecule has 0 aliphatic carbocycles. The maximum atomic E-state index is 12.4. The Morgan fingerprint density at radius 2 is 1.96 bits per heavy atom. The third-order valence-electron chi connectivity index (χ3n) is 4.24. The van der Waals surface area contributed by atoms with Crippen molar-refractivity contribution in [1.29, 1.82) is 0 Å². The second-order valence-electron chi connectivity index (χ2n) is 6.50. The first-order valence-corrected chi connectivity index (χ1v) is 10.0. The van der Waals surface area contributed by atoms with Gasteiger partial charge in [0.1, 0.15) is 10.1 Å². The van der Waals surface area contributed by atoms with Gasteiger partial charge in [0.15, 0.2) is 6.61 Å². The van der Waals surface area contributed by atoms with Gasteiger partial charge in [0.05, 0.1) is 18.1 Å². The Morgan fingerprint density at radius 3 is 2.56 bits per heavy atom. The van der Waals surface area contributed by atoms with E-state index in [1.807, 2.05) is 32.1 Å². The number of morpholine rings is 1. The molecule has 2 heterocycles. The molecule has 6 nitrogen and oxygen atoms in total. The molecule has 0 bridgehead atoms. The average Bonchev–Trinajstić information content (AvgIpc) is 2.95. The minimum Gasteiger partial charge on any atom is -0.484 e. The number of benzene rings is 1. The van der Waals surface area contributed by atoms with Crippen LogP contribution in [0.2, 0.25) is 0 Å². The average molecular weight is 407 g/mol. The Labute approximate surface area is 168 Å². The van der Waals surface area contributed by atoms with Gasteiger partial charge in [-0.15, -0.1) is 0 Å². The van der Waals surface area contributed by atoms with Crippen molar-refractivity contribution in [2.75, 3.05) is 32.9 Å². The molecule has 0 radical (unpaired) electrons. The molecular weight excluding hydrogens is 384 g/mol. The van der Waals surface area contributed by atoms with Crippen molar-refractivity contribution < 1.29 is 19.1 Å². The molecule has 3 rings (SSSR count). The highest BCUT2D eigenvalue weighted by Crippen LogP contribution is 2.33. The van der Waals surface area contributed by atoms with Gasteiger partial charge in [0.2, 0.25) is 0 Å². The lowest BCUT2D eigenvalue weighted by molar-refractivity contribution is -0.137. The van der Waals surface area contributed by atoms with Crippen LogP contribution in [0.4, 0.5) is 0 Å². The maximum absolute atomic E-state index is 12.4. The number of hydrogen-bond acceptors (Lipinski definition) is 6.